The smallest absolute Gasteiger partial charge is 0.237 e. The highest BCUT2D eigenvalue weighted by molar-refractivity contribution is 5.82. The fraction of sp³-hybridized carbons (Fsp3) is 0.722. The second kappa shape index (κ2) is 8.47. The van der Waals surface area contributed by atoms with Crippen molar-refractivity contribution in [2.75, 3.05) is 38.2 Å². The molecule has 0 spiro atoms. The third-order valence-corrected chi connectivity index (χ3v) is 4.91. The maximum Gasteiger partial charge on any atom is 0.237 e. The van der Waals surface area contributed by atoms with Crippen molar-refractivity contribution in [2.45, 2.75) is 52.1 Å². The lowest BCUT2D eigenvalue weighted by atomic mass is 10.0. The summed E-state index contributed by atoms with van der Waals surface area (Å²) in [5.41, 5.74) is -0.169. The molecule has 7 nitrogen and oxygen atoms in total. The molecule has 0 saturated carbocycles. The van der Waals surface area contributed by atoms with Crippen LogP contribution in [0.15, 0.2) is 12.3 Å². The SMILES string of the molecule is CCC(C)(C)NC(=O)C(C)N1CCCN(c2nccc(OC)n2)CC1. The Morgan fingerprint density at radius 3 is 2.80 bits per heavy atom. The normalized spacial score (nSPS) is 17.7. The van der Waals surface area contributed by atoms with E-state index in [1.165, 1.54) is 0 Å². The summed E-state index contributed by atoms with van der Waals surface area (Å²) in [4.78, 5) is 25.7. The Morgan fingerprint density at radius 1 is 1.36 bits per heavy atom. The molecule has 7 heteroatoms. The van der Waals surface area contributed by atoms with Crippen LogP contribution in [0.4, 0.5) is 5.95 Å². The number of amides is 1. The number of hydrogen-bond acceptors (Lipinski definition) is 6. The van der Waals surface area contributed by atoms with E-state index in [9.17, 15) is 4.79 Å². The van der Waals surface area contributed by atoms with Crippen LogP contribution in [-0.2, 0) is 4.79 Å². The van der Waals surface area contributed by atoms with Gasteiger partial charge in [0.1, 0.15) is 0 Å². The minimum absolute atomic E-state index is 0.0953. The Morgan fingerprint density at radius 2 is 2.12 bits per heavy atom. The van der Waals surface area contributed by atoms with Gasteiger partial charge in [-0.1, -0.05) is 6.92 Å². The second-order valence-electron chi connectivity index (χ2n) is 7.18. The van der Waals surface area contributed by atoms with Gasteiger partial charge in [0.15, 0.2) is 0 Å². The average molecular weight is 349 g/mol. The van der Waals surface area contributed by atoms with Gasteiger partial charge in [0.25, 0.3) is 0 Å². The van der Waals surface area contributed by atoms with Crippen LogP contribution in [-0.4, -0.2) is 65.6 Å². The molecule has 1 amide bonds. The van der Waals surface area contributed by atoms with E-state index in [2.05, 4.69) is 45.9 Å². The first-order valence-electron chi connectivity index (χ1n) is 9.04. The predicted molar refractivity (Wildman–Crippen MR) is 99.0 cm³/mol. The molecule has 1 N–H and O–H groups in total. The zero-order valence-corrected chi connectivity index (χ0v) is 16.1. The van der Waals surface area contributed by atoms with Crippen molar-refractivity contribution >= 4 is 11.9 Å². The molecule has 1 aliphatic rings. The molecule has 1 unspecified atom stereocenters. The minimum Gasteiger partial charge on any atom is -0.481 e. The van der Waals surface area contributed by atoms with Crippen LogP contribution >= 0.6 is 0 Å². The summed E-state index contributed by atoms with van der Waals surface area (Å²) < 4.78 is 5.18. The monoisotopic (exact) mass is 349 g/mol. The molecular weight excluding hydrogens is 318 g/mol. The van der Waals surface area contributed by atoms with Crippen LogP contribution < -0.4 is 15.0 Å². The zero-order chi connectivity index (χ0) is 18.4. The third kappa shape index (κ3) is 5.29. The van der Waals surface area contributed by atoms with Crippen LogP contribution in [0.3, 0.4) is 0 Å². The molecule has 2 heterocycles. The highest BCUT2D eigenvalue weighted by Gasteiger charge is 2.27. The molecule has 2 rings (SSSR count). The Balaban J connectivity index is 1.97. The third-order valence-electron chi connectivity index (χ3n) is 4.91. The molecular formula is C18H31N5O2. The molecule has 140 valence electrons. The van der Waals surface area contributed by atoms with Crippen molar-refractivity contribution in [1.29, 1.82) is 0 Å². The zero-order valence-electron chi connectivity index (χ0n) is 16.1. The van der Waals surface area contributed by atoms with E-state index in [4.69, 9.17) is 4.74 Å². The van der Waals surface area contributed by atoms with Crippen molar-refractivity contribution in [3.05, 3.63) is 12.3 Å². The number of carbonyl (C=O) groups is 1. The first kappa shape index (κ1) is 19.4. The fourth-order valence-corrected chi connectivity index (χ4v) is 2.82. The first-order valence-corrected chi connectivity index (χ1v) is 9.04. The molecule has 1 aliphatic heterocycles. The number of nitrogens with one attached hydrogen (secondary N) is 1. The van der Waals surface area contributed by atoms with Crippen molar-refractivity contribution in [2.24, 2.45) is 0 Å². The lowest BCUT2D eigenvalue weighted by molar-refractivity contribution is -0.127. The lowest BCUT2D eigenvalue weighted by Crippen LogP contribution is -2.52. The molecule has 1 atom stereocenters. The van der Waals surface area contributed by atoms with Crippen LogP contribution in [0.2, 0.25) is 0 Å². The molecule has 1 fully saturated rings. The van der Waals surface area contributed by atoms with Gasteiger partial charge in [-0.15, -0.1) is 0 Å². The summed E-state index contributed by atoms with van der Waals surface area (Å²) in [5.74, 6) is 1.35. The molecule has 1 aromatic rings. The number of carbonyl (C=O) groups excluding carboxylic acids is 1. The number of ether oxygens (including phenoxy) is 1. The van der Waals surface area contributed by atoms with Gasteiger partial charge in [-0.05, 0) is 33.6 Å². The van der Waals surface area contributed by atoms with E-state index < -0.39 is 0 Å². The van der Waals surface area contributed by atoms with E-state index in [-0.39, 0.29) is 17.5 Å². The van der Waals surface area contributed by atoms with Crippen molar-refractivity contribution in [3.63, 3.8) is 0 Å². The van der Waals surface area contributed by atoms with Gasteiger partial charge in [-0.2, -0.15) is 4.98 Å². The Kier molecular flexibility index (Phi) is 6.58. The maximum absolute atomic E-state index is 12.6. The van der Waals surface area contributed by atoms with E-state index in [0.29, 0.717) is 11.8 Å². The first-order chi connectivity index (χ1) is 11.9. The molecule has 0 aliphatic carbocycles. The van der Waals surface area contributed by atoms with E-state index in [0.717, 1.165) is 39.0 Å². The van der Waals surface area contributed by atoms with E-state index >= 15 is 0 Å². The Hall–Kier alpha value is -1.89. The van der Waals surface area contributed by atoms with Crippen LogP contribution in [0, 0.1) is 0 Å². The van der Waals surface area contributed by atoms with Gasteiger partial charge in [-0.25, -0.2) is 4.98 Å². The maximum atomic E-state index is 12.6. The Labute approximate surface area is 150 Å². The fourth-order valence-electron chi connectivity index (χ4n) is 2.82. The van der Waals surface area contributed by atoms with Gasteiger partial charge in [0.2, 0.25) is 17.7 Å². The lowest BCUT2D eigenvalue weighted by Gasteiger charge is -2.31. The molecule has 1 saturated heterocycles. The number of anilines is 1. The summed E-state index contributed by atoms with van der Waals surface area (Å²) in [6, 6.07) is 1.60. The van der Waals surface area contributed by atoms with Crippen molar-refractivity contribution < 1.29 is 9.53 Å². The van der Waals surface area contributed by atoms with E-state index in [1.54, 1.807) is 19.4 Å². The Bertz CT molecular complexity index is 578. The molecule has 0 radical (unpaired) electrons. The number of methoxy groups -OCH3 is 1. The van der Waals surface area contributed by atoms with Gasteiger partial charge in [-0.3, -0.25) is 9.69 Å². The van der Waals surface area contributed by atoms with Gasteiger partial charge >= 0.3 is 0 Å². The number of nitrogens with zero attached hydrogens (tertiary/aromatic N) is 4. The molecule has 1 aromatic heterocycles. The second-order valence-corrected chi connectivity index (χ2v) is 7.18. The van der Waals surface area contributed by atoms with Crippen LogP contribution in [0.25, 0.3) is 0 Å². The van der Waals surface area contributed by atoms with Gasteiger partial charge in [0, 0.05) is 44.0 Å². The average Bonchev–Trinajstić information content (AvgIpc) is 2.87. The summed E-state index contributed by atoms with van der Waals surface area (Å²) in [7, 11) is 1.61. The number of hydrogen-bond donors (Lipinski definition) is 1. The molecule has 0 bridgehead atoms. The summed E-state index contributed by atoms with van der Waals surface area (Å²) >= 11 is 0. The quantitative estimate of drug-likeness (QED) is 0.843. The topological polar surface area (TPSA) is 70.6 Å². The highest BCUT2D eigenvalue weighted by atomic mass is 16.5. The highest BCUT2D eigenvalue weighted by Crippen LogP contribution is 2.16. The minimum atomic E-state index is -0.169. The van der Waals surface area contributed by atoms with Crippen molar-refractivity contribution in [1.82, 2.24) is 20.2 Å². The van der Waals surface area contributed by atoms with Gasteiger partial charge < -0.3 is 15.0 Å². The largest absolute Gasteiger partial charge is 0.481 e. The molecule has 0 aromatic carbocycles. The summed E-state index contributed by atoms with van der Waals surface area (Å²) in [5, 5.41) is 3.15. The predicted octanol–water partition coefficient (Wildman–Crippen LogP) is 1.69. The van der Waals surface area contributed by atoms with Crippen LogP contribution in [0.5, 0.6) is 5.88 Å². The van der Waals surface area contributed by atoms with Crippen molar-refractivity contribution in [3.8, 4) is 5.88 Å². The van der Waals surface area contributed by atoms with Crippen LogP contribution in [0.1, 0.15) is 40.5 Å². The number of rotatable bonds is 6. The molecule has 25 heavy (non-hydrogen) atoms. The summed E-state index contributed by atoms with van der Waals surface area (Å²) in [6.45, 7) is 11.6. The van der Waals surface area contributed by atoms with E-state index in [1.807, 2.05) is 6.92 Å². The number of aromatic nitrogens is 2. The standard InChI is InChI=1S/C18H31N5O2/c1-6-18(3,4)21-16(24)14(2)22-10-7-11-23(13-12-22)17-19-9-8-15(20-17)25-5/h8-9,14H,6-7,10-13H2,1-5H3,(H,21,24). The van der Waals surface area contributed by atoms with Gasteiger partial charge in [0.05, 0.1) is 13.2 Å². The summed E-state index contributed by atoms with van der Waals surface area (Å²) in [6.07, 6.45) is 3.59.